The molecule has 0 aliphatic heterocycles. The average molecular weight is 338 g/mol. The molecule has 24 heavy (non-hydrogen) atoms. The molecule has 0 fully saturated rings. The third-order valence-electron chi connectivity index (χ3n) is 3.70. The Kier molecular flexibility index (Phi) is 4.66. The van der Waals surface area contributed by atoms with Crippen LogP contribution in [0.4, 0.5) is 0 Å². The number of amides is 1. The number of thioether (sulfide) groups is 1. The molecule has 1 atom stereocenters. The molecule has 122 valence electrons. The molecule has 0 aliphatic carbocycles. The van der Waals surface area contributed by atoms with Crippen molar-refractivity contribution in [3.63, 3.8) is 0 Å². The fourth-order valence-electron chi connectivity index (χ4n) is 2.48. The van der Waals surface area contributed by atoms with Crippen molar-refractivity contribution >= 4 is 17.7 Å². The number of aromatic nitrogens is 3. The molecule has 0 spiro atoms. The number of carbonyl (C=O) groups is 1. The van der Waals surface area contributed by atoms with E-state index in [4.69, 9.17) is 5.73 Å². The lowest BCUT2D eigenvalue weighted by atomic mass is 10.1. The quantitative estimate of drug-likeness (QED) is 0.726. The van der Waals surface area contributed by atoms with Gasteiger partial charge in [-0.05, 0) is 18.6 Å². The molecule has 0 bridgehead atoms. The van der Waals surface area contributed by atoms with Gasteiger partial charge in [-0.2, -0.15) is 0 Å². The van der Waals surface area contributed by atoms with Crippen LogP contribution in [-0.2, 0) is 11.8 Å². The highest BCUT2D eigenvalue weighted by Crippen LogP contribution is 2.35. The van der Waals surface area contributed by atoms with Crippen molar-refractivity contribution in [1.82, 2.24) is 14.8 Å². The summed E-state index contributed by atoms with van der Waals surface area (Å²) in [4.78, 5) is 11.9. The minimum atomic E-state index is -0.501. The summed E-state index contributed by atoms with van der Waals surface area (Å²) in [5.41, 5.74) is 8.59. The maximum Gasteiger partial charge on any atom is 0.235 e. The summed E-state index contributed by atoms with van der Waals surface area (Å²) in [5.74, 6) is 0.365. The zero-order chi connectivity index (χ0) is 17.1. The highest BCUT2D eigenvalue weighted by Gasteiger charge is 2.23. The number of nitrogens with two attached hydrogens (primary N) is 1. The van der Waals surface area contributed by atoms with E-state index in [0.29, 0.717) is 5.16 Å². The second-order valence-corrected chi connectivity index (χ2v) is 6.62. The Morgan fingerprint density at radius 1 is 1.12 bits per heavy atom. The Morgan fingerprint density at radius 2 is 1.88 bits per heavy atom. The summed E-state index contributed by atoms with van der Waals surface area (Å²) in [6, 6.07) is 17.5. The van der Waals surface area contributed by atoms with E-state index in [0.717, 1.165) is 22.5 Å². The number of aryl methyl sites for hydroxylation is 1. The maximum atomic E-state index is 11.9. The smallest absolute Gasteiger partial charge is 0.235 e. The molecule has 2 N–H and O–H groups in total. The van der Waals surface area contributed by atoms with E-state index in [1.165, 1.54) is 11.8 Å². The van der Waals surface area contributed by atoms with Crippen molar-refractivity contribution < 1.29 is 4.79 Å². The Bertz CT molecular complexity index is 860. The predicted octanol–water partition coefficient (Wildman–Crippen LogP) is 3.11. The Hall–Kier alpha value is -2.60. The van der Waals surface area contributed by atoms with Gasteiger partial charge in [0.15, 0.2) is 11.0 Å². The number of nitrogens with zero attached hydrogens (tertiary/aromatic N) is 3. The van der Waals surface area contributed by atoms with Gasteiger partial charge < -0.3 is 10.3 Å². The molecule has 6 heteroatoms. The molecule has 1 unspecified atom stereocenters. The van der Waals surface area contributed by atoms with Gasteiger partial charge in [0.2, 0.25) is 5.91 Å². The van der Waals surface area contributed by atoms with Crippen molar-refractivity contribution in [2.75, 3.05) is 0 Å². The van der Waals surface area contributed by atoms with Gasteiger partial charge in [-0.15, -0.1) is 10.2 Å². The lowest BCUT2D eigenvalue weighted by Gasteiger charge is -2.12. The molecular weight excluding hydrogens is 320 g/mol. The fraction of sp³-hybridized carbons (Fsp3) is 0.167. The minimum Gasteiger partial charge on any atom is -0.368 e. The van der Waals surface area contributed by atoms with E-state index in [1.54, 1.807) is 0 Å². The van der Waals surface area contributed by atoms with Crippen LogP contribution in [0.1, 0.15) is 16.4 Å². The number of primary amides is 1. The minimum absolute atomic E-state index is 0.397. The predicted molar refractivity (Wildman–Crippen MR) is 95.4 cm³/mol. The first-order chi connectivity index (χ1) is 11.6. The number of hydrogen-bond donors (Lipinski definition) is 1. The van der Waals surface area contributed by atoms with Gasteiger partial charge in [0.1, 0.15) is 5.25 Å². The first-order valence-corrected chi connectivity index (χ1v) is 8.41. The summed E-state index contributed by atoms with van der Waals surface area (Å²) >= 11 is 1.31. The monoisotopic (exact) mass is 338 g/mol. The summed E-state index contributed by atoms with van der Waals surface area (Å²) in [6.07, 6.45) is 0. The number of hydrogen-bond acceptors (Lipinski definition) is 4. The summed E-state index contributed by atoms with van der Waals surface area (Å²) in [7, 11) is 1.89. The van der Waals surface area contributed by atoms with Crippen molar-refractivity contribution in [1.29, 1.82) is 0 Å². The van der Waals surface area contributed by atoms with E-state index in [1.807, 2.05) is 67.1 Å². The van der Waals surface area contributed by atoms with Crippen molar-refractivity contribution in [3.05, 3.63) is 65.7 Å². The Balaban J connectivity index is 1.92. The highest BCUT2D eigenvalue weighted by atomic mass is 32.2. The molecule has 0 aliphatic rings. The topological polar surface area (TPSA) is 73.8 Å². The third-order valence-corrected chi connectivity index (χ3v) is 5.00. The molecule has 1 amide bonds. The molecule has 3 aromatic rings. The van der Waals surface area contributed by atoms with E-state index < -0.39 is 11.2 Å². The van der Waals surface area contributed by atoms with Crippen LogP contribution in [0.25, 0.3) is 11.4 Å². The number of benzene rings is 2. The summed E-state index contributed by atoms with van der Waals surface area (Å²) in [5, 5.41) is 8.66. The van der Waals surface area contributed by atoms with Gasteiger partial charge >= 0.3 is 0 Å². The lowest BCUT2D eigenvalue weighted by molar-refractivity contribution is -0.117. The van der Waals surface area contributed by atoms with Gasteiger partial charge in [-0.3, -0.25) is 4.79 Å². The molecule has 0 saturated carbocycles. The van der Waals surface area contributed by atoms with Gasteiger partial charge in [0, 0.05) is 12.6 Å². The lowest BCUT2D eigenvalue weighted by Crippen LogP contribution is -2.19. The van der Waals surface area contributed by atoms with Crippen LogP contribution >= 0.6 is 11.8 Å². The van der Waals surface area contributed by atoms with E-state index in [2.05, 4.69) is 16.3 Å². The van der Waals surface area contributed by atoms with Crippen LogP contribution in [0.15, 0.2) is 59.8 Å². The van der Waals surface area contributed by atoms with Crippen LogP contribution < -0.4 is 5.73 Å². The van der Waals surface area contributed by atoms with Crippen LogP contribution in [-0.4, -0.2) is 20.7 Å². The largest absolute Gasteiger partial charge is 0.368 e. The summed E-state index contributed by atoms with van der Waals surface area (Å²) in [6.45, 7) is 2.04. The van der Waals surface area contributed by atoms with Crippen LogP contribution in [0, 0.1) is 6.92 Å². The highest BCUT2D eigenvalue weighted by molar-refractivity contribution is 8.00. The average Bonchev–Trinajstić information content (AvgIpc) is 2.94. The van der Waals surface area contributed by atoms with E-state index in [9.17, 15) is 4.79 Å². The van der Waals surface area contributed by atoms with Crippen molar-refractivity contribution in [2.45, 2.75) is 17.3 Å². The van der Waals surface area contributed by atoms with E-state index >= 15 is 0 Å². The zero-order valence-corrected chi connectivity index (χ0v) is 14.3. The van der Waals surface area contributed by atoms with Gasteiger partial charge in [0.25, 0.3) is 0 Å². The molecule has 3 rings (SSSR count). The molecule has 1 heterocycles. The van der Waals surface area contributed by atoms with Crippen LogP contribution in [0.3, 0.4) is 0 Å². The van der Waals surface area contributed by atoms with Crippen molar-refractivity contribution in [3.8, 4) is 11.4 Å². The molecule has 2 aromatic carbocycles. The molecular formula is C18H18N4OS. The Morgan fingerprint density at radius 3 is 2.54 bits per heavy atom. The maximum absolute atomic E-state index is 11.9. The van der Waals surface area contributed by atoms with Gasteiger partial charge in [-0.25, -0.2) is 0 Å². The fourth-order valence-corrected chi connectivity index (χ4v) is 3.43. The van der Waals surface area contributed by atoms with Crippen molar-refractivity contribution in [2.24, 2.45) is 12.8 Å². The SMILES string of the molecule is Cc1cccc(-c2nnc(SC(C(N)=O)c3ccccc3)n2C)c1. The summed E-state index contributed by atoms with van der Waals surface area (Å²) < 4.78 is 1.89. The first-order valence-electron chi connectivity index (χ1n) is 7.53. The molecule has 5 nitrogen and oxygen atoms in total. The third kappa shape index (κ3) is 3.33. The molecule has 0 radical (unpaired) electrons. The van der Waals surface area contributed by atoms with Crippen LogP contribution in [0.2, 0.25) is 0 Å². The first kappa shape index (κ1) is 16.3. The zero-order valence-electron chi connectivity index (χ0n) is 13.5. The second kappa shape index (κ2) is 6.88. The number of carbonyl (C=O) groups excluding carboxylic acids is 1. The second-order valence-electron chi connectivity index (χ2n) is 5.55. The number of rotatable bonds is 5. The van der Waals surface area contributed by atoms with E-state index in [-0.39, 0.29) is 0 Å². The molecule has 0 saturated heterocycles. The van der Waals surface area contributed by atoms with Gasteiger partial charge in [-0.1, -0.05) is 65.9 Å². The Labute approximate surface area is 144 Å². The van der Waals surface area contributed by atoms with Crippen LogP contribution in [0.5, 0.6) is 0 Å². The normalized spacial score (nSPS) is 12.1. The molecule has 1 aromatic heterocycles. The standard InChI is InChI=1S/C18H18N4OS/c1-12-7-6-10-14(11-12)17-20-21-18(22(17)2)24-15(16(19)23)13-8-4-3-5-9-13/h3-11,15H,1-2H3,(H2,19,23). The van der Waals surface area contributed by atoms with Gasteiger partial charge in [0.05, 0.1) is 0 Å².